The van der Waals surface area contributed by atoms with Crippen molar-refractivity contribution in [2.24, 2.45) is 11.8 Å². The maximum Gasteiger partial charge on any atom is 0.0474 e. The third kappa shape index (κ3) is 4.12. The first kappa shape index (κ1) is 13.0. The minimum Gasteiger partial charge on any atom is -0.396 e. The Morgan fingerprint density at radius 1 is 1.20 bits per heavy atom. The van der Waals surface area contributed by atoms with Gasteiger partial charge in [-0.2, -0.15) is 0 Å². The second-order valence-corrected chi connectivity index (χ2v) is 4.97. The minimum absolute atomic E-state index is 0.363. The lowest BCUT2D eigenvalue weighted by Gasteiger charge is -2.35. The van der Waals surface area contributed by atoms with E-state index >= 15 is 0 Å². The predicted octanol–water partition coefficient (Wildman–Crippen LogP) is 2.56. The Kier molecular flexibility index (Phi) is 6.26. The summed E-state index contributed by atoms with van der Waals surface area (Å²) in [6.07, 6.45) is 7.66. The highest BCUT2D eigenvalue weighted by atomic mass is 16.3. The number of nitrogens with one attached hydrogen (secondary N) is 1. The fraction of sp³-hybridized carbons (Fsp3) is 1.00. The number of aliphatic hydroxyl groups is 1. The summed E-state index contributed by atoms with van der Waals surface area (Å²) in [4.78, 5) is 0. The zero-order valence-electron chi connectivity index (χ0n) is 10.3. The molecule has 0 aliphatic heterocycles. The molecule has 0 bridgehead atoms. The average molecular weight is 213 g/mol. The van der Waals surface area contributed by atoms with Gasteiger partial charge in [0.2, 0.25) is 0 Å². The van der Waals surface area contributed by atoms with Gasteiger partial charge in [-0.15, -0.1) is 0 Å². The van der Waals surface area contributed by atoms with Crippen LogP contribution >= 0.6 is 0 Å². The number of hydrogen-bond acceptors (Lipinski definition) is 2. The lowest BCUT2D eigenvalue weighted by molar-refractivity contribution is 0.121. The molecular formula is C13H27NO. The summed E-state index contributed by atoms with van der Waals surface area (Å²) in [5.41, 5.74) is 0. The molecule has 0 aromatic carbocycles. The van der Waals surface area contributed by atoms with E-state index in [2.05, 4.69) is 19.2 Å². The Balaban J connectivity index is 2.34. The average Bonchev–Trinajstić information content (AvgIpc) is 2.27. The van der Waals surface area contributed by atoms with Gasteiger partial charge in [0.25, 0.3) is 0 Å². The summed E-state index contributed by atoms with van der Waals surface area (Å²) < 4.78 is 0. The molecular weight excluding hydrogens is 186 g/mol. The molecule has 0 amide bonds. The maximum atomic E-state index is 9.41. The fourth-order valence-corrected chi connectivity index (χ4v) is 2.83. The highest BCUT2D eigenvalue weighted by molar-refractivity contribution is 4.84. The van der Waals surface area contributed by atoms with Gasteiger partial charge < -0.3 is 10.4 Å². The molecule has 0 aromatic heterocycles. The number of aliphatic hydroxyl groups excluding tert-OH is 1. The van der Waals surface area contributed by atoms with Crippen molar-refractivity contribution in [1.82, 2.24) is 5.32 Å². The van der Waals surface area contributed by atoms with Gasteiger partial charge >= 0.3 is 0 Å². The van der Waals surface area contributed by atoms with Gasteiger partial charge in [0.05, 0.1) is 0 Å². The van der Waals surface area contributed by atoms with Crippen LogP contribution in [0.2, 0.25) is 0 Å². The van der Waals surface area contributed by atoms with Crippen LogP contribution in [0.4, 0.5) is 0 Å². The molecule has 0 aromatic rings. The van der Waals surface area contributed by atoms with Crippen molar-refractivity contribution in [2.75, 3.05) is 13.2 Å². The molecule has 15 heavy (non-hydrogen) atoms. The second-order valence-electron chi connectivity index (χ2n) is 4.97. The molecule has 0 heterocycles. The highest BCUT2D eigenvalue weighted by Crippen LogP contribution is 2.31. The van der Waals surface area contributed by atoms with Crippen LogP contribution in [0.3, 0.4) is 0 Å². The van der Waals surface area contributed by atoms with Crippen molar-refractivity contribution in [1.29, 1.82) is 0 Å². The van der Waals surface area contributed by atoms with Crippen LogP contribution in [0.1, 0.15) is 52.4 Å². The maximum absolute atomic E-state index is 9.41. The first-order chi connectivity index (χ1) is 7.31. The van der Waals surface area contributed by atoms with E-state index in [4.69, 9.17) is 0 Å². The number of rotatable bonds is 6. The molecule has 2 heteroatoms. The topological polar surface area (TPSA) is 32.3 Å². The smallest absolute Gasteiger partial charge is 0.0474 e. The van der Waals surface area contributed by atoms with E-state index in [-0.39, 0.29) is 0 Å². The minimum atomic E-state index is 0.363. The summed E-state index contributed by atoms with van der Waals surface area (Å²) in [5, 5.41) is 13.0. The van der Waals surface area contributed by atoms with Crippen molar-refractivity contribution in [2.45, 2.75) is 58.4 Å². The van der Waals surface area contributed by atoms with E-state index in [1.165, 1.54) is 38.5 Å². The monoisotopic (exact) mass is 213 g/mol. The van der Waals surface area contributed by atoms with Crippen LogP contribution in [-0.2, 0) is 0 Å². The second kappa shape index (κ2) is 7.24. The van der Waals surface area contributed by atoms with E-state index in [0.717, 1.165) is 12.5 Å². The van der Waals surface area contributed by atoms with Crippen LogP contribution < -0.4 is 5.32 Å². The van der Waals surface area contributed by atoms with Gasteiger partial charge in [0.1, 0.15) is 0 Å². The Morgan fingerprint density at radius 2 is 2.00 bits per heavy atom. The molecule has 1 saturated carbocycles. The summed E-state index contributed by atoms with van der Waals surface area (Å²) in [6, 6.07) is 0.572. The fourth-order valence-electron chi connectivity index (χ4n) is 2.83. The lowest BCUT2D eigenvalue weighted by Crippen LogP contribution is -2.42. The summed E-state index contributed by atoms with van der Waals surface area (Å²) >= 11 is 0. The summed E-state index contributed by atoms with van der Waals surface area (Å²) in [7, 11) is 0. The predicted molar refractivity (Wildman–Crippen MR) is 64.9 cm³/mol. The van der Waals surface area contributed by atoms with Crippen LogP contribution in [-0.4, -0.2) is 24.3 Å². The largest absolute Gasteiger partial charge is 0.396 e. The molecule has 0 spiro atoms. The summed E-state index contributed by atoms with van der Waals surface area (Å²) in [5.74, 6) is 1.37. The van der Waals surface area contributed by atoms with Crippen molar-refractivity contribution in [3.8, 4) is 0 Å². The molecule has 1 rings (SSSR count). The van der Waals surface area contributed by atoms with Gasteiger partial charge in [-0.05, 0) is 44.1 Å². The third-order valence-corrected chi connectivity index (χ3v) is 3.68. The molecule has 0 radical (unpaired) electrons. The molecule has 90 valence electrons. The molecule has 1 aliphatic rings. The van der Waals surface area contributed by atoms with E-state index in [9.17, 15) is 5.11 Å². The molecule has 1 fully saturated rings. The van der Waals surface area contributed by atoms with Gasteiger partial charge in [-0.3, -0.25) is 0 Å². The first-order valence-electron chi connectivity index (χ1n) is 6.66. The van der Waals surface area contributed by atoms with Crippen LogP contribution in [0.5, 0.6) is 0 Å². The molecule has 3 atom stereocenters. The first-order valence-corrected chi connectivity index (χ1v) is 6.66. The standard InChI is InChI=1S/C13H27NO/c1-3-5-11-6-7-13(14-8-4-2)12(9-11)10-15/h11-15H,3-10H2,1-2H3. The highest BCUT2D eigenvalue weighted by Gasteiger charge is 2.28. The zero-order chi connectivity index (χ0) is 11.1. The van der Waals surface area contributed by atoms with Crippen LogP contribution in [0.25, 0.3) is 0 Å². The zero-order valence-corrected chi connectivity index (χ0v) is 10.3. The van der Waals surface area contributed by atoms with Crippen molar-refractivity contribution >= 4 is 0 Å². The molecule has 0 saturated heterocycles. The van der Waals surface area contributed by atoms with Crippen LogP contribution in [0.15, 0.2) is 0 Å². The normalized spacial score (nSPS) is 31.8. The van der Waals surface area contributed by atoms with Crippen molar-refractivity contribution < 1.29 is 5.11 Å². The Bertz CT molecular complexity index is 161. The van der Waals surface area contributed by atoms with Gasteiger partial charge in [-0.25, -0.2) is 0 Å². The number of hydrogen-bond donors (Lipinski definition) is 2. The van der Waals surface area contributed by atoms with E-state index in [1.54, 1.807) is 0 Å². The van der Waals surface area contributed by atoms with Gasteiger partial charge in [0, 0.05) is 12.6 Å². The molecule has 3 unspecified atom stereocenters. The van der Waals surface area contributed by atoms with E-state index in [0.29, 0.717) is 18.6 Å². The van der Waals surface area contributed by atoms with Crippen molar-refractivity contribution in [3.05, 3.63) is 0 Å². The Labute approximate surface area is 94.5 Å². The Morgan fingerprint density at radius 3 is 2.60 bits per heavy atom. The lowest BCUT2D eigenvalue weighted by atomic mass is 9.76. The molecule has 1 aliphatic carbocycles. The third-order valence-electron chi connectivity index (χ3n) is 3.68. The van der Waals surface area contributed by atoms with E-state index in [1.807, 2.05) is 0 Å². The SMILES string of the molecule is CCCNC1CCC(CCC)CC1CO. The van der Waals surface area contributed by atoms with Gasteiger partial charge in [-0.1, -0.05) is 26.7 Å². The van der Waals surface area contributed by atoms with Gasteiger partial charge in [0.15, 0.2) is 0 Å². The molecule has 2 N–H and O–H groups in total. The van der Waals surface area contributed by atoms with Crippen molar-refractivity contribution in [3.63, 3.8) is 0 Å². The summed E-state index contributed by atoms with van der Waals surface area (Å²) in [6.45, 7) is 5.92. The van der Waals surface area contributed by atoms with Crippen LogP contribution in [0, 0.1) is 11.8 Å². The molecule has 2 nitrogen and oxygen atoms in total. The van der Waals surface area contributed by atoms with E-state index < -0.39 is 0 Å². The Hall–Kier alpha value is -0.0800. The quantitative estimate of drug-likeness (QED) is 0.711.